The zero-order valence-electron chi connectivity index (χ0n) is 16.1. The number of hydrogen-bond donors (Lipinski definition) is 0. The number of amidine groups is 1. The summed E-state index contributed by atoms with van der Waals surface area (Å²) >= 11 is 1.67. The highest BCUT2D eigenvalue weighted by molar-refractivity contribution is 7.98. The highest BCUT2D eigenvalue weighted by Gasteiger charge is 2.51. The molecule has 7 rings (SSSR count). The van der Waals surface area contributed by atoms with Crippen molar-refractivity contribution in [3.8, 4) is 23.0 Å². The van der Waals surface area contributed by atoms with Crippen molar-refractivity contribution in [1.82, 2.24) is 4.90 Å². The van der Waals surface area contributed by atoms with Crippen LogP contribution in [0.5, 0.6) is 23.0 Å². The summed E-state index contributed by atoms with van der Waals surface area (Å²) in [4.78, 5) is 2.52. The minimum absolute atomic E-state index is 0.00498. The van der Waals surface area contributed by atoms with E-state index in [2.05, 4.69) is 26.5 Å². The van der Waals surface area contributed by atoms with Crippen LogP contribution in [0.1, 0.15) is 31.2 Å². The Morgan fingerprint density at radius 2 is 1.73 bits per heavy atom. The largest absolute Gasteiger partial charge is 0.586 e. The molecule has 30 heavy (non-hydrogen) atoms. The topological polar surface area (TPSA) is 43.3 Å². The Hall–Kier alpha value is -2.48. The van der Waals surface area contributed by atoms with E-state index < -0.39 is 6.29 Å². The van der Waals surface area contributed by atoms with Gasteiger partial charge < -0.3 is 19.1 Å². The average molecular weight is 430 g/mol. The standard InChI is InChI=1S/C22H20F2N2O3S/c23-22(24)28-18-6-5-17(13-19(18)29-22)27-16-3-1-14(2-4-16)21-9-7-15(8-10-21)26-11-12-30-25-20(21)26/h1-6,13,15H,7-12H2. The van der Waals surface area contributed by atoms with Crippen LogP contribution >= 0.6 is 11.9 Å². The summed E-state index contributed by atoms with van der Waals surface area (Å²) in [6, 6.07) is 13.2. The summed E-state index contributed by atoms with van der Waals surface area (Å²) < 4.78 is 46.1. The molecule has 4 heterocycles. The maximum atomic E-state index is 13.2. The van der Waals surface area contributed by atoms with Gasteiger partial charge in [0.05, 0.1) is 5.41 Å². The fourth-order valence-electron chi connectivity index (χ4n) is 5.14. The van der Waals surface area contributed by atoms with Gasteiger partial charge in [-0.2, -0.15) is 0 Å². The highest BCUT2D eigenvalue weighted by atomic mass is 32.2. The van der Waals surface area contributed by atoms with Gasteiger partial charge in [0.25, 0.3) is 0 Å². The molecule has 2 aromatic rings. The molecule has 3 fully saturated rings. The molecule has 0 unspecified atom stereocenters. The Balaban J connectivity index is 1.25. The molecule has 0 spiro atoms. The second kappa shape index (κ2) is 6.51. The van der Waals surface area contributed by atoms with Crippen molar-refractivity contribution < 1.29 is 23.0 Å². The van der Waals surface area contributed by atoms with Crippen LogP contribution in [0.3, 0.4) is 0 Å². The van der Waals surface area contributed by atoms with Crippen LogP contribution in [0.2, 0.25) is 0 Å². The first-order chi connectivity index (χ1) is 14.5. The van der Waals surface area contributed by atoms with Gasteiger partial charge in [-0.05, 0) is 67.5 Å². The first-order valence-corrected chi connectivity index (χ1v) is 11.1. The van der Waals surface area contributed by atoms with Crippen LogP contribution < -0.4 is 14.2 Å². The summed E-state index contributed by atoms with van der Waals surface area (Å²) in [6.07, 6.45) is 1.05. The van der Waals surface area contributed by atoms with Crippen LogP contribution in [-0.2, 0) is 5.41 Å². The van der Waals surface area contributed by atoms with Crippen molar-refractivity contribution >= 4 is 17.8 Å². The second-order valence-corrected chi connectivity index (χ2v) is 9.01. The lowest BCUT2D eigenvalue weighted by Crippen LogP contribution is -2.61. The molecule has 1 aliphatic carbocycles. The van der Waals surface area contributed by atoms with Crippen molar-refractivity contribution in [3.63, 3.8) is 0 Å². The lowest BCUT2D eigenvalue weighted by Gasteiger charge is -2.55. The predicted molar refractivity (Wildman–Crippen MR) is 110 cm³/mol. The third-order valence-electron chi connectivity index (χ3n) is 6.54. The third kappa shape index (κ3) is 2.84. The van der Waals surface area contributed by atoms with Gasteiger partial charge in [-0.25, -0.2) is 4.40 Å². The molecule has 2 bridgehead atoms. The Labute approximate surface area is 177 Å². The molecule has 8 heteroatoms. The molecule has 0 atom stereocenters. The molecule has 0 amide bonds. The van der Waals surface area contributed by atoms with Crippen LogP contribution in [0, 0.1) is 0 Å². The molecule has 0 radical (unpaired) electrons. The zero-order chi connectivity index (χ0) is 20.3. The van der Waals surface area contributed by atoms with Gasteiger partial charge in [0, 0.05) is 24.4 Å². The van der Waals surface area contributed by atoms with E-state index in [-0.39, 0.29) is 16.9 Å². The minimum Gasteiger partial charge on any atom is -0.457 e. The lowest BCUT2D eigenvalue weighted by atomic mass is 9.63. The fraction of sp³-hybridized carbons (Fsp3) is 0.409. The summed E-state index contributed by atoms with van der Waals surface area (Å²) in [5.74, 6) is 3.34. The molecule has 0 N–H and O–H groups in total. The van der Waals surface area contributed by atoms with E-state index in [1.165, 1.54) is 36.4 Å². The zero-order valence-corrected chi connectivity index (χ0v) is 17.0. The van der Waals surface area contributed by atoms with Crippen molar-refractivity contribution in [2.45, 2.75) is 43.4 Å². The van der Waals surface area contributed by atoms with Gasteiger partial charge in [-0.3, -0.25) is 0 Å². The lowest BCUT2D eigenvalue weighted by molar-refractivity contribution is -0.286. The van der Waals surface area contributed by atoms with Gasteiger partial charge in [-0.1, -0.05) is 12.1 Å². The Bertz CT molecular complexity index is 1020. The highest BCUT2D eigenvalue weighted by Crippen LogP contribution is 2.50. The van der Waals surface area contributed by atoms with Crippen LogP contribution in [0.4, 0.5) is 8.78 Å². The Morgan fingerprint density at radius 3 is 2.53 bits per heavy atom. The summed E-state index contributed by atoms with van der Waals surface area (Å²) in [7, 11) is 0. The number of benzene rings is 2. The molecule has 2 aromatic carbocycles. The summed E-state index contributed by atoms with van der Waals surface area (Å²) in [6.45, 7) is 1.08. The molecule has 1 saturated carbocycles. The van der Waals surface area contributed by atoms with E-state index in [9.17, 15) is 8.78 Å². The van der Waals surface area contributed by atoms with E-state index in [0.29, 0.717) is 17.5 Å². The van der Waals surface area contributed by atoms with Crippen LogP contribution in [0.25, 0.3) is 0 Å². The Morgan fingerprint density at radius 1 is 1.00 bits per heavy atom. The number of fused-ring (bicyclic) bond motifs is 3. The number of piperidine rings is 2. The Kier molecular flexibility index (Phi) is 3.97. The quantitative estimate of drug-likeness (QED) is 0.614. The van der Waals surface area contributed by atoms with E-state index >= 15 is 0 Å². The molecule has 4 aliphatic heterocycles. The number of hydrogen-bond acceptors (Lipinski definition) is 6. The van der Waals surface area contributed by atoms with Crippen LogP contribution in [-0.4, -0.2) is 35.4 Å². The normalized spacial score (nSPS) is 28.1. The van der Waals surface area contributed by atoms with E-state index in [1.807, 2.05) is 12.1 Å². The number of halogens is 2. The molecule has 5 nitrogen and oxygen atoms in total. The fourth-order valence-corrected chi connectivity index (χ4v) is 5.91. The van der Waals surface area contributed by atoms with Crippen molar-refractivity contribution in [3.05, 3.63) is 48.0 Å². The summed E-state index contributed by atoms with van der Waals surface area (Å²) in [5.41, 5.74) is 1.26. The molecular weight excluding hydrogens is 410 g/mol. The van der Waals surface area contributed by atoms with Crippen LogP contribution in [0.15, 0.2) is 46.9 Å². The SMILES string of the molecule is FC1(F)Oc2ccc(Oc3ccc(C45CCC(CC4)N4CCSN=C45)cc3)cc2O1. The number of rotatable bonds is 3. The van der Waals surface area contributed by atoms with E-state index in [0.717, 1.165) is 25.1 Å². The van der Waals surface area contributed by atoms with Crippen molar-refractivity contribution in [1.29, 1.82) is 0 Å². The molecule has 0 aromatic heterocycles. The van der Waals surface area contributed by atoms with Gasteiger partial charge >= 0.3 is 6.29 Å². The van der Waals surface area contributed by atoms with E-state index in [1.54, 1.807) is 18.0 Å². The average Bonchev–Trinajstić information content (AvgIpc) is 3.08. The second-order valence-electron chi connectivity index (χ2n) is 8.16. The van der Waals surface area contributed by atoms with Gasteiger partial charge in [-0.15, -0.1) is 8.78 Å². The molecule has 5 aliphatic rings. The maximum Gasteiger partial charge on any atom is 0.586 e. The first-order valence-electron chi connectivity index (χ1n) is 10.2. The molecule has 156 valence electrons. The van der Waals surface area contributed by atoms with Gasteiger partial charge in [0.2, 0.25) is 0 Å². The summed E-state index contributed by atoms with van der Waals surface area (Å²) in [5, 5.41) is 0. The number of ether oxygens (including phenoxy) is 3. The van der Waals surface area contributed by atoms with Gasteiger partial charge in [0.1, 0.15) is 17.3 Å². The molecular formula is C22H20F2N2O3S. The smallest absolute Gasteiger partial charge is 0.457 e. The maximum absolute atomic E-state index is 13.2. The van der Waals surface area contributed by atoms with Crippen molar-refractivity contribution in [2.75, 3.05) is 12.3 Å². The number of nitrogens with zero attached hydrogens (tertiary/aromatic N) is 2. The number of alkyl halides is 2. The van der Waals surface area contributed by atoms with Gasteiger partial charge in [0.15, 0.2) is 11.5 Å². The predicted octanol–water partition coefficient (Wildman–Crippen LogP) is 5.36. The first kappa shape index (κ1) is 18.3. The molecule has 2 saturated heterocycles. The monoisotopic (exact) mass is 430 g/mol. The van der Waals surface area contributed by atoms with E-state index in [4.69, 9.17) is 9.13 Å². The third-order valence-corrected chi connectivity index (χ3v) is 7.21. The van der Waals surface area contributed by atoms with Crippen molar-refractivity contribution in [2.24, 2.45) is 4.40 Å². The minimum atomic E-state index is -3.63.